The lowest BCUT2D eigenvalue weighted by atomic mass is 9.78. The summed E-state index contributed by atoms with van der Waals surface area (Å²) in [6.07, 6.45) is -4.73. The van der Waals surface area contributed by atoms with Crippen LogP contribution in [0.1, 0.15) is 42.5 Å². The number of hydrogen-bond donors (Lipinski definition) is 2. The van der Waals surface area contributed by atoms with Crippen molar-refractivity contribution in [2.45, 2.75) is 43.8 Å². The van der Waals surface area contributed by atoms with E-state index in [1.54, 1.807) is 13.8 Å². The first-order valence-corrected chi connectivity index (χ1v) is 8.50. The van der Waals surface area contributed by atoms with Crippen LogP contribution in [0.4, 0.5) is 13.2 Å². The largest absolute Gasteiger partial charge is 0.494 e. The molecule has 2 bridgehead atoms. The normalized spacial score (nSPS) is 28.4. The summed E-state index contributed by atoms with van der Waals surface area (Å²) in [7, 11) is 1.51. The van der Waals surface area contributed by atoms with Gasteiger partial charge in [0.2, 0.25) is 11.8 Å². The van der Waals surface area contributed by atoms with Gasteiger partial charge in [-0.25, -0.2) is 0 Å². The third kappa shape index (κ3) is 2.16. The smallest absolute Gasteiger partial charge is 0.417 e. The summed E-state index contributed by atoms with van der Waals surface area (Å²) in [5.74, 6) is -0.815. The summed E-state index contributed by atoms with van der Waals surface area (Å²) in [6, 6.07) is 4.49. The molecule has 0 saturated carbocycles. The van der Waals surface area contributed by atoms with Crippen molar-refractivity contribution in [3.05, 3.63) is 40.5 Å². The molecule has 0 radical (unpaired) electrons. The maximum Gasteiger partial charge on any atom is 0.417 e. The summed E-state index contributed by atoms with van der Waals surface area (Å²) in [6.45, 7) is 3.45. The van der Waals surface area contributed by atoms with E-state index in [0.29, 0.717) is 17.5 Å². The fraction of sp³-hybridized carbons (Fsp3) is 0.421. The predicted octanol–water partition coefficient (Wildman–Crippen LogP) is 3.66. The molecule has 2 aliphatic heterocycles. The number of alkyl halides is 3. The highest BCUT2D eigenvalue weighted by Crippen LogP contribution is 2.64. The SMILES string of the molecule is CO[C@H]1C[C@]2(C)O[C@]1(C)c1c2c(O)n(-c2ccc(C#N)c(C(F)(F)F)c2)c1O. The van der Waals surface area contributed by atoms with Crippen LogP contribution in [0.25, 0.3) is 5.69 Å². The molecule has 9 heteroatoms. The second-order valence-corrected chi connectivity index (χ2v) is 7.44. The highest BCUT2D eigenvalue weighted by Gasteiger charge is 2.64. The van der Waals surface area contributed by atoms with E-state index in [9.17, 15) is 23.4 Å². The highest BCUT2D eigenvalue weighted by atomic mass is 19.4. The quantitative estimate of drug-likeness (QED) is 0.812. The monoisotopic (exact) mass is 394 g/mol. The van der Waals surface area contributed by atoms with E-state index in [4.69, 9.17) is 14.7 Å². The molecule has 1 fully saturated rings. The Morgan fingerprint density at radius 1 is 1.25 bits per heavy atom. The minimum absolute atomic E-state index is 0.115. The lowest BCUT2D eigenvalue weighted by Gasteiger charge is -2.28. The van der Waals surface area contributed by atoms with Crippen LogP contribution in [0.2, 0.25) is 0 Å². The van der Waals surface area contributed by atoms with Crippen LogP contribution < -0.4 is 0 Å². The number of nitriles is 1. The fourth-order valence-corrected chi connectivity index (χ4v) is 4.56. The molecule has 1 aromatic heterocycles. The Morgan fingerprint density at radius 2 is 1.89 bits per heavy atom. The average molecular weight is 394 g/mol. The van der Waals surface area contributed by atoms with Gasteiger partial charge in [0.05, 0.1) is 45.7 Å². The average Bonchev–Trinajstić information content (AvgIpc) is 3.14. The minimum atomic E-state index is -4.76. The van der Waals surface area contributed by atoms with Gasteiger partial charge in [0.1, 0.15) is 5.60 Å². The molecule has 6 nitrogen and oxygen atoms in total. The topological polar surface area (TPSA) is 87.6 Å². The Balaban J connectivity index is 1.96. The number of methoxy groups -OCH3 is 1. The molecule has 4 rings (SSSR count). The van der Waals surface area contributed by atoms with E-state index in [1.165, 1.54) is 19.2 Å². The van der Waals surface area contributed by atoms with Crippen LogP contribution in [-0.2, 0) is 26.9 Å². The number of benzene rings is 1. The lowest BCUT2D eigenvalue weighted by molar-refractivity contribution is -0.137. The standard InChI is InChI=1S/C19H17F3N2O4/c1-17-7-12(27-3)18(2,28-17)14-13(17)15(25)24(16(14)26)10-5-4-9(8-23)11(6-10)19(20,21)22/h4-6,12,25-26H,7H2,1-3H3/t12-,17-,18-/m0/s1. The van der Waals surface area contributed by atoms with E-state index >= 15 is 0 Å². The molecule has 1 aromatic carbocycles. The van der Waals surface area contributed by atoms with Gasteiger partial charge in [-0.1, -0.05) is 0 Å². The number of halogens is 3. The molecule has 0 amide bonds. The summed E-state index contributed by atoms with van der Waals surface area (Å²) in [4.78, 5) is 0. The highest BCUT2D eigenvalue weighted by molar-refractivity contribution is 5.62. The number of aromatic hydroxyl groups is 2. The van der Waals surface area contributed by atoms with Crippen LogP contribution in [-0.4, -0.2) is 28.0 Å². The predicted molar refractivity (Wildman–Crippen MR) is 90.0 cm³/mol. The van der Waals surface area contributed by atoms with Gasteiger partial charge in [-0.05, 0) is 32.0 Å². The molecular weight excluding hydrogens is 377 g/mol. The van der Waals surface area contributed by atoms with Crippen molar-refractivity contribution >= 4 is 0 Å². The first kappa shape index (κ1) is 18.7. The zero-order chi connectivity index (χ0) is 20.6. The van der Waals surface area contributed by atoms with Crippen molar-refractivity contribution in [3.63, 3.8) is 0 Å². The molecular formula is C19H17F3N2O4. The van der Waals surface area contributed by atoms with Crippen LogP contribution >= 0.6 is 0 Å². The van der Waals surface area contributed by atoms with Crippen molar-refractivity contribution in [2.24, 2.45) is 0 Å². The summed E-state index contributed by atoms with van der Waals surface area (Å²) >= 11 is 0. The molecule has 2 aliphatic rings. The van der Waals surface area contributed by atoms with E-state index in [1.807, 2.05) is 0 Å². The van der Waals surface area contributed by atoms with Crippen LogP contribution in [0.5, 0.6) is 11.8 Å². The number of aromatic nitrogens is 1. The number of hydrogen-bond acceptors (Lipinski definition) is 5. The second-order valence-electron chi connectivity index (χ2n) is 7.44. The zero-order valence-corrected chi connectivity index (χ0v) is 15.3. The fourth-order valence-electron chi connectivity index (χ4n) is 4.56. The number of ether oxygens (including phenoxy) is 2. The summed E-state index contributed by atoms with van der Waals surface area (Å²) in [5, 5.41) is 30.6. The van der Waals surface area contributed by atoms with E-state index in [2.05, 4.69) is 0 Å². The molecule has 3 atom stereocenters. The molecule has 0 aliphatic carbocycles. The Labute approximate surface area is 158 Å². The molecule has 28 heavy (non-hydrogen) atoms. The van der Waals surface area contributed by atoms with Gasteiger partial charge in [-0.15, -0.1) is 0 Å². The van der Waals surface area contributed by atoms with Crippen molar-refractivity contribution in [3.8, 4) is 23.5 Å². The Hall–Kier alpha value is -2.70. The third-order valence-corrected chi connectivity index (χ3v) is 5.74. The molecule has 2 aromatic rings. The van der Waals surface area contributed by atoms with E-state index in [0.717, 1.165) is 16.7 Å². The second kappa shape index (κ2) is 5.43. The zero-order valence-electron chi connectivity index (χ0n) is 15.3. The number of rotatable bonds is 2. The molecule has 1 saturated heterocycles. The molecule has 0 spiro atoms. The maximum atomic E-state index is 13.3. The van der Waals surface area contributed by atoms with Crippen molar-refractivity contribution in [1.29, 1.82) is 5.26 Å². The summed E-state index contributed by atoms with van der Waals surface area (Å²) in [5.41, 5.74) is -3.18. The van der Waals surface area contributed by atoms with Gasteiger partial charge >= 0.3 is 6.18 Å². The van der Waals surface area contributed by atoms with Gasteiger partial charge in [0.15, 0.2) is 0 Å². The van der Waals surface area contributed by atoms with Gasteiger partial charge < -0.3 is 19.7 Å². The van der Waals surface area contributed by atoms with Gasteiger partial charge in [0, 0.05) is 13.5 Å². The van der Waals surface area contributed by atoms with E-state index in [-0.39, 0.29) is 5.69 Å². The first-order valence-electron chi connectivity index (χ1n) is 8.50. The van der Waals surface area contributed by atoms with Crippen LogP contribution in [0, 0.1) is 11.3 Å². The number of nitrogens with zero attached hydrogens (tertiary/aromatic N) is 2. The van der Waals surface area contributed by atoms with Crippen molar-refractivity contribution in [1.82, 2.24) is 4.57 Å². The van der Waals surface area contributed by atoms with Gasteiger partial charge in [-0.2, -0.15) is 18.4 Å². The minimum Gasteiger partial charge on any atom is -0.494 e. The molecule has 2 N–H and O–H groups in total. The molecule has 0 unspecified atom stereocenters. The first-order chi connectivity index (χ1) is 13.0. The van der Waals surface area contributed by atoms with Gasteiger partial charge in [0.25, 0.3) is 0 Å². The maximum absolute atomic E-state index is 13.3. The Bertz CT molecular complexity index is 1040. The molecule has 3 heterocycles. The van der Waals surface area contributed by atoms with Crippen LogP contribution in [0.3, 0.4) is 0 Å². The van der Waals surface area contributed by atoms with Crippen molar-refractivity contribution < 1.29 is 32.9 Å². The van der Waals surface area contributed by atoms with Crippen molar-refractivity contribution in [2.75, 3.05) is 7.11 Å². The third-order valence-electron chi connectivity index (χ3n) is 5.74. The summed E-state index contributed by atoms with van der Waals surface area (Å²) < 4.78 is 52.4. The van der Waals surface area contributed by atoms with Gasteiger partial charge in [-0.3, -0.25) is 4.57 Å². The Morgan fingerprint density at radius 3 is 2.46 bits per heavy atom. The van der Waals surface area contributed by atoms with E-state index < -0.39 is 46.4 Å². The lowest BCUT2D eigenvalue weighted by Crippen LogP contribution is -2.34. The Kier molecular flexibility index (Phi) is 3.62. The number of fused-ring (bicyclic) bond motifs is 5. The molecule has 148 valence electrons. The van der Waals surface area contributed by atoms with Crippen LogP contribution in [0.15, 0.2) is 18.2 Å².